The van der Waals surface area contributed by atoms with Gasteiger partial charge in [-0.3, -0.25) is 19.8 Å². The van der Waals surface area contributed by atoms with Gasteiger partial charge in [0, 0.05) is 29.7 Å². The highest BCUT2D eigenvalue weighted by Gasteiger charge is 2.32. The molecule has 2 N–H and O–H groups in total. The van der Waals surface area contributed by atoms with Crippen LogP contribution >= 0.6 is 11.6 Å². The predicted octanol–water partition coefficient (Wildman–Crippen LogP) is 5.01. The fraction of sp³-hybridized carbons (Fsp3) is 0.241. The average molecular weight is 612 g/mol. The van der Waals surface area contributed by atoms with Gasteiger partial charge in [-0.05, 0) is 60.9 Å². The molecule has 0 bridgehead atoms. The Bertz CT molecular complexity index is 1730. The summed E-state index contributed by atoms with van der Waals surface area (Å²) < 4.78 is 43.5. The highest BCUT2D eigenvalue weighted by Crippen LogP contribution is 2.36. The summed E-state index contributed by atoms with van der Waals surface area (Å²) in [6.07, 6.45) is 1.77. The number of nitrogens with one attached hydrogen (secondary N) is 2. The average Bonchev–Trinajstić information content (AvgIpc) is 3.54. The molecule has 1 aliphatic rings. The van der Waals surface area contributed by atoms with Gasteiger partial charge < -0.3 is 9.88 Å². The zero-order valence-electron chi connectivity index (χ0n) is 23.0. The Labute approximate surface area is 248 Å². The lowest BCUT2D eigenvalue weighted by Gasteiger charge is -2.21. The summed E-state index contributed by atoms with van der Waals surface area (Å²) in [4.78, 5) is 44.9. The second kappa shape index (κ2) is 12.2. The maximum atomic E-state index is 14.3. The van der Waals surface area contributed by atoms with Crippen LogP contribution in [-0.4, -0.2) is 44.0 Å². The summed E-state index contributed by atoms with van der Waals surface area (Å²) in [5.74, 6) is -4.80. The number of imidazole rings is 1. The van der Waals surface area contributed by atoms with Gasteiger partial charge in [0.1, 0.15) is 11.6 Å². The van der Waals surface area contributed by atoms with Gasteiger partial charge in [-0.1, -0.05) is 18.5 Å². The van der Waals surface area contributed by atoms with Crippen molar-refractivity contribution >= 4 is 40.8 Å². The number of carbonyl (C=O) groups excluding carboxylic acids is 3. The minimum atomic E-state index is -1.11. The van der Waals surface area contributed by atoms with Gasteiger partial charge in [-0.15, -0.1) is 0 Å². The molecular formula is C29H25ClF3N7O3. The largest absolute Gasteiger partial charge is 0.344 e. The number of hydrogen-bond donors (Lipinski definition) is 2. The van der Waals surface area contributed by atoms with Gasteiger partial charge in [0.05, 0.1) is 30.2 Å². The summed E-state index contributed by atoms with van der Waals surface area (Å²) >= 11 is 6.41. The van der Waals surface area contributed by atoms with Crippen LogP contribution in [0.25, 0.3) is 0 Å². The molecule has 0 saturated carbocycles. The van der Waals surface area contributed by atoms with E-state index in [0.717, 1.165) is 12.1 Å². The Hall–Kier alpha value is -4.78. The number of amides is 3. The van der Waals surface area contributed by atoms with Crippen LogP contribution < -0.4 is 15.5 Å². The molecule has 14 heteroatoms. The van der Waals surface area contributed by atoms with E-state index in [4.69, 9.17) is 11.6 Å². The van der Waals surface area contributed by atoms with Crippen molar-refractivity contribution in [1.29, 1.82) is 0 Å². The molecule has 43 heavy (non-hydrogen) atoms. The number of Topliss-reactive ketones (excluding diaryl/α,β-unsaturated/α-hetero) is 1. The number of ketones is 1. The number of carbonyl (C=O) groups is 3. The molecule has 3 heterocycles. The summed E-state index contributed by atoms with van der Waals surface area (Å²) in [6.45, 7) is 2.80. The molecule has 1 atom stereocenters. The second-order valence-corrected chi connectivity index (χ2v) is 10.4. The molecule has 1 aliphatic heterocycles. The van der Waals surface area contributed by atoms with Crippen LogP contribution in [0.15, 0.2) is 48.7 Å². The van der Waals surface area contributed by atoms with E-state index in [1.165, 1.54) is 40.8 Å². The van der Waals surface area contributed by atoms with E-state index in [1.54, 1.807) is 19.1 Å². The van der Waals surface area contributed by atoms with Gasteiger partial charge in [-0.2, -0.15) is 10.2 Å². The third-order valence-electron chi connectivity index (χ3n) is 6.97. The summed E-state index contributed by atoms with van der Waals surface area (Å²) in [6, 6.07) is 8.32. The molecule has 10 nitrogen and oxygen atoms in total. The first-order valence-corrected chi connectivity index (χ1v) is 13.6. The van der Waals surface area contributed by atoms with E-state index < -0.39 is 35.3 Å². The lowest BCUT2D eigenvalue weighted by atomic mass is 9.97. The Morgan fingerprint density at radius 1 is 1.09 bits per heavy atom. The van der Waals surface area contributed by atoms with Gasteiger partial charge in [0.25, 0.3) is 5.91 Å². The van der Waals surface area contributed by atoms with Gasteiger partial charge in [-0.25, -0.2) is 22.9 Å². The van der Waals surface area contributed by atoms with Crippen LogP contribution in [0.5, 0.6) is 0 Å². The fourth-order valence-corrected chi connectivity index (χ4v) is 5.27. The van der Waals surface area contributed by atoms with E-state index in [-0.39, 0.29) is 59.9 Å². The quantitative estimate of drug-likeness (QED) is 0.289. The van der Waals surface area contributed by atoms with Crippen LogP contribution in [0.1, 0.15) is 52.9 Å². The van der Waals surface area contributed by atoms with Crippen LogP contribution in [0.3, 0.4) is 0 Å². The number of benzene rings is 2. The lowest BCUT2D eigenvalue weighted by Crippen LogP contribution is -2.34. The minimum absolute atomic E-state index is 0.00536. The van der Waals surface area contributed by atoms with Crippen molar-refractivity contribution in [1.82, 2.24) is 25.1 Å². The number of rotatable bonds is 8. The number of nitrogens with zero attached hydrogens (tertiary/aromatic N) is 5. The zero-order chi connectivity index (χ0) is 30.8. The predicted molar refractivity (Wildman–Crippen MR) is 151 cm³/mol. The summed E-state index contributed by atoms with van der Waals surface area (Å²) in [5, 5.41) is 13.3. The van der Waals surface area contributed by atoms with Crippen molar-refractivity contribution in [3.05, 3.63) is 99.5 Å². The fourth-order valence-electron chi connectivity index (χ4n) is 4.99. The standard InChI is InChI=1S/C29H25ClF3N7O3/c1-15(41)14-40-25(16(2)20-11-18(31)5-6-21(20)30)26(36-27(40)28(42)34-13-19-4-3-8-35-38-19)37-29(43)39-9-7-17-10-22(32)23(33)12-24(17)39/h3-6,8,10-12,16H,7,9,13-14H2,1-2H3,(H,34,42)(H,37,43)/t16-/m0/s1. The van der Waals surface area contributed by atoms with E-state index in [1.807, 2.05) is 0 Å². The molecule has 2 aromatic heterocycles. The van der Waals surface area contributed by atoms with Crippen molar-refractivity contribution < 1.29 is 27.6 Å². The molecule has 0 unspecified atom stereocenters. The second-order valence-electron chi connectivity index (χ2n) is 9.97. The first-order valence-electron chi connectivity index (χ1n) is 13.2. The molecule has 0 saturated heterocycles. The summed E-state index contributed by atoms with van der Waals surface area (Å²) in [5.41, 5.74) is 1.61. The zero-order valence-corrected chi connectivity index (χ0v) is 23.8. The molecule has 0 radical (unpaired) electrons. The SMILES string of the molecule is CC(=O)Cn1c(C(=O)NCc2cccnn2)nc(NC(=O)N2CCc3cc(F)c(F)cc32)c1[C@@H](C)c1cc(F)ccc1Cl. The Balaban J connectivity index is 1.57. The lowest BCUT2D eigenvalue weighted by molar-refractivity contribution is -0.117. The topological polar surface area (TPSA) is 122 Å². The molecule has 5 rings (SSSR count). The number of halogens is 4. The monoisotopic (exact) mass is 611 g/mol. The van der Waals surface area contributed by atoms with Gasteiger partial charge >= 0.3 is 6.03 Å². The van der Waals surface area contributed by atoms with E-state index >= 15 is 0 Å². The third-order valence-corrected chi connectivity index (χ3v) is 7.31. The Kier molecular flexibility index (Phi) is 8.44. The normalized spacial score (nSPS) is 13.0. The highest BCUT2D eigenvalue weighted by molar-refractivity contribution is 6.31. The van der Waals surface area contributed by atoms with Crippen molar-refractivity contribution in [2.45, 2.75) is 39.3 Å². The smallest absolute Gasteiger partial charge is 0.327 e. The molecular weight excluding hydrogens is 587 g/mol. The first kappa shape index (κ1) is 29.7. The number of urea groups is 1. The van der Waals surface area contributed by atoms with Gasteiger partial charge in [0.15, 0.2) is 17.5 Å². The van der Waals surface area contributed by atoms with Crippen LogP contribution in [-0.2, 0) is 24.3 Å². The molecule has 0 fully saturated rings. The van der Waals surface area contributed by atoms with Crippen molar-refractivity contribution in [2.75, 3.05) is 16.8 Å². The molecule has 2 aromatic carbocycles. The van der Waals surface area contributed by atoms with E-state index in [0.29, 0.717) is 16.8 Å². The molecule has 4 aromatic rings. The van der Waals surface area contributed by atoms with Crippen LogP contribution in [0, 0.1) is 17.5 Å². The van der Waals surface area contributed by atoms with Crippen molar-refractivity contribution in [2.24, 2.45) is 0 Å². The molecule has 0 aliphatic carbocycles. The number of fused-ring (bicyclic) bond motifs is 1. The van der Waals surface area contributed by atoms with E-state index in [2.05, 4.69) is 25.8 Å². The maximum Gasteiger partial charge on any atom is 0.327 e. The summed E-state index contributed by atoms with van der Waals surface area (Å²) in [7, 11) is 0. The molecule has 0 spiro atoms. The number of aromatic nitrogens is 4. The number of hydrogen-bond acceptors (Lipinski definition) is 6. The first-order chi connectivity index (χ1) is 20.5. The molecule has 222 valence electrons. The Morgan fingerprint density at radius 3 is 2.58 bits per heavy atom. The third kappa shape index (κ3) is 6.21. The highest BCUT2D eigenvalue weighted by atomic mass is 35.5. The van der Waals surface area contributed by atoms with Crippen LogP contribution in [0.4, 0.5) is 29.5 Å². The maximum absolute atomic E-state index is 14.3. The van der Waals surface area contributed by atoms with E-state index in [9.17, 15) is 27.6 Å². The minimum Gasteiger partial charge on any atom is -0.344 e. The molecule has 3 amide bonds. The van der Waals surface area contributed by atoms with Crippen molar-refractivity contribution in [3.63, 3.8) is 0 Å². The van der Waals surface area contributed by atoms with Crippen LogP contribution in [0.2, 0.25) is 5.02 Å². The van der Waals surface area contributed by atoms with Crippen molar-refractivity contribution in [3.8, 4) is 0 Å². The number of anilines is 2. The van der Waals surface area contributed by atoms with Gasteiger partial charge in [0.2, 0.25) is 5.82 Å². The Morgan fingerprint density at radius 2 is 1.86 bits per heavy atom.